The van der Waals surface area contributed by atoms with Crippen LogP contribution in [0.15, 0.2) is 60.9 Å². The second-order valence-electron chi connectivity index (χ2n) is 6.79. The molecule has 0 N–H and O–H groups in total. The minimum absolute atomic E-state index is 0.0362. The van der Waals surface area contributed by atoms with Gasteiger partial charge in [-0.15, -0.1) is 0 Å². The van der Waals surface area contributed by atoms with Crippen molar-refractivity contribution in [2.45, 2.75) is 19.5 Å². The van der Waals surface area contributed by atoms with Gasteiger partial charge in [-0.05, 0) is 35.4 Å². The quantitative estimate of drug-likeness (QED) is 0.676. The van der Waals surface area contributed by atoms with Gasteiger partial charge < -0.3 is 9.80 Å². The van der Waals surface area contributed by atoms with Crippen LogP contribution in [0.4, 0.5) is 0 Å². The second-order valence-corrected chi connectivity index (χ2v) is 6.79. The Hall–Kier alpha value is -3.15. The molecule has 1 aromatic heterocycles. The van der Waals surface area contributed by atoms with E-state index >= 15 is 0 Å². The Kier molecular flexibility index (Phi) is 5.54. The molecule has 0 bridgehead atoms. The molecule has 0 radical (unpaired) electrons. The lowest BCUT2D eigenvalue weighted by molar-refractivity contribution is -0.140. The highest BCUT2D eigenvalue weighted by molar-refractivity contribution is 5.86. The molecule has 0 aliphatic rings. The van der Waals surface area contributed by atoms with E-state index in [4.69, 9.17) is 0 Å². The first-order valence-electron chi connectivity index (χ1n) is 8.91. The molecular formula is C21H24N4O2. The highest BCUT2D eigenvalue weighted by atomic mass is 16.2. The first-order valence-corrected chi connectivity index (χ1v) is 8.91. The van der Waals surface area contributed by atoms with E-state index in [1.807, 2.05) is 18.2 Å². The molecular weight excluding hydrogens is 340 g/mol. The number of carbonyl (C=O) groups excluding carboxylic acids is 2. The zero-order chi connectivity index (χ0) is 19.4. The summed E-state index contributed by atoms with van der Waals surface area (Å²) in [5.74, 6) is -0.252. The number of rotatable bonds is 6. The van der Waals surface area contributed by atoms with Crippen molar-refractivity contribution in [1.29, 1.82) is 0 Å². The molecule has 27 heavy (non-hydrogen) atoms. The number of benzene rings is 2. The second kappa shape index (κ2) is 8.03. The predicted molar refractivity (Wildman–Crippen MR) is 105 cm³/mol. The minimum atomic E-state index is -0.441. The Labute approximate surface area is 159 Å². The van der Waals surface area contributed by atoms with Gasteiger partial charge in [-0.25, -0.2) is 0 Å². The van der Waals surface area contributed by atoms with Gasteiger partial charge in [-0.3, -0.25) is 14.3 Å². The molecule has 6 nitrogen and oxygen atoms in total. The first kappa shape index (κ1) is 18.6. The Morgan fingerprint density at radius 2 is 1.78 bits per heavy atom. The maximum atomic E-state index is 12.5. The number of amides is 2. The third kappa shape index (κ3) is 4.34. The summed E-state index contributed by atoms with van der Waals surface area (Å²) in [7, 11) is 3.40. The molecule has 3 aromatic rings. The fourth-order valence-electron chi connectivity index (χ4n) is 3.04. The van der Waals surface area contributed by atoms with Crippen molar-refractivity contribution in [1.82, 2.24) is 19.6 Å². The van der Waals surface area contributed by atoms with Gasteiger partial charge in [0.25, 0.3) is 0 Å². The largest absolute Gasteiger partial charge is 0.340 e. The monoisotopic (exact) mass is 364 g/mol. The molecule has 3 rings (SSSR count). The van der Waals surface area contributed by atoms with E-state index in [0.717, 1.165) is 10.9 Å². The minimum Gasteiger partial charge on any atom is -0.340 e. The van der Waals surface area contributed by atoms with Crippen molar-refractivity contribution in [3.63, 3.8) is 0 Å². The molecule has 1 atom stereocenters. The van der Waals surface area contributed by atoms with Crippen LogP contribution in [0.25, 0.3) is 10.8 Å². The number of aromatic nitrogens is 2. The number of fused-ring (bicyclic) bond motifs is 1. The van der Waals surface area contributed by atoms with E-state index in [-0.39, 0.29) is 18.4 Å². The van der Waals surface area contributed by atoms with Crippen LogP contribution >= 0.6 is 0 Å². The topological polar surface area (TPSA) is 58.4 Å². The number of carbonyl (C=O) groups is 2. The van der Waals surface area contributed by atoms with E-state index in [1.54, 1.807) is 49.1 Å². The zero-order valence-corrected chi connectivity index (χ0v) is 15.9. The smallest absolute Gasteiger partial charge is 0.247 e. The third-order valence-electron chi connectivity index (χ3n) is 4.69. The van der Waals surface area contributed by atoms with E-state index < -0.39 is 6.04 Å². The summed E-state index contributed by atoms with van der Waals surface area (Å²) in [6.45, 7) is 2.31. The van der Waals surface area contributed by atoms with Crippen molar-refractivity contribution >= 4 is 22.6 Å². The molecule has 140 valence electrons. The van der Waals surface area contributed by atoms with Gasteiger partial charge in [0.15, 0.2) is 0 Å². The maximum Gasteiger partial charge on any atom is 0.247 e. The number of likely N-dealkylation sites (N-methyl/N-ethyl adjacent to an activating group) is 2. The molecule has 1 heterocycles. The van der Waals surface area contributed by atoms with E-state index in [9.17, 15) is 9.59 Å². The highest BCUT2D eigenvalue weighted by Gasteiger charge is 2.22. The summed E-state index contributed by atoms with van der Waals surface area (Å²) in [6, 6.07) is 15.6. The molecule has 0 aliphatic heterocycles. The van der Waals surface area contributed by atoms with Gasteiger partial charge in [0.2, 0.25) is 11.8 Å². The van der Waals surface area contributed by atoms with E-state index in [2.05, 4.69) is 29.4 Å². The van der Waals surface area contributed by atoms with E-state index in [1.165, 1.54) is 10.3 Å². The maximum absolute atomic E-state index is 12.5. The lowest BCUT2D eigenvalue weighted by atomic mass is 10.1. The molecule has 6 heteroatoms. The lowest BCUT2D eigenvalue weighted by Gasteiger charge is -2.24. The van der Waals surface area contributed by atoms with Gasteiger partial charge in [-0.2, -0.15) is 5.10 Å². The molecule has 2 amide bonds. The van der Waals surface area contributed by atoms with Crippen molar-refractivity contribution in [3.05, 3.63) is 66.5 Å². The Bertz CT molecular complexity index is 936. The molecule has 2 aromatic carbocycles. The van der Waals surface area contributed by atoms with Crippen LogP contribution in [0.5, 0.6) is 0 Å². The Morgan fingerprint density at radius 3 is 2.48 bits per heavy atom. The molecule has 0 unspecified atom stereocenters. The number of nitrogens with zero attached hydrogens (tertiary/aromatic N) is 4. The van der Waals surface area contributed by atoms with Gasteiger partial charge >= 0.3 is 0 Å². The van der Waals surface area contributed by atoms with Gasteiger partial charge in [0, 0.05) is 33.0 Å². The van der Waals surface area contributed by atoms with Crippen LogP contribution in [-0.2, 0) is 16.1 Å². The van der Waals surface area contributed by atoms with Crippen LogP contribution in [0, 0.1) is 0 Å². The molecule has 0 saturated heterocycles. The molecule has 0 saturated carbocycles. The summed E-state index contributed by atoms with van der Waals surface area (Å²) in [5.41, 5.74) is 1.06. The standard InChI is InChI=1S/C21H24N4O2/c1-16(25-12-6-11-22-25)21(27)24(3)15-20(26)23(2)14-17-9-10-18-7-4-5-8-19(18)13-17/h4-13,16H,14-15H2,1-3H3/t16-/m1/s1. The van der Waals surface area contributed by atoms with Crippen molar-refractivity contribution in [3.8, 4) is 0 Å². The predicted octanol–water partition coefficient (Wildman–Crippen LogP) is 2.71. The van der Waals surface area contributed by atoms with Crippen LogP contribution in [0.1, 0.15) is 18.5 Å². The highest BCUT2D eigenvalue weighted by Crippen LogP contribution is 2.16. The fourth-order valence-corrected chi connectivity index (χ4v) is 3.04. The zero-order valence-electron chi connectivity index (χ0n) is 15.9. The van der Waals surface area contributed by atoms with Crippen LogP contribution in [-0.4, -0.2) is 52.0 Å². The average molecular weight is 364 g/mol. The van der Waals surface area contributed by atoms with Crippen molar-refractivity contribution < 1.29 is 9.59 Å². The fraction of sp³-hybridized carbons (Fsp3) is 0.286. The van der Waals surface area contributed by atoms with Crippen LogP contribution < -0.4 is 0 Å². The molecule has 0 spiro atoms. The van der Waals surface area contributed by atoms with Gasteiger partial charge in [0.05, 0.1) is 6.54 Å². The summed E-state index contributed by atoms with van der Waals surface area (Å²) < 4.78 is 1.59. The Morgan fingerprint density at radius 1 is 1.04 bits per heavy atom. The summed E-state index contributed by atoms with van der Waals surface area (Å²) in [5, 5.41) is 6.41. The first-order chi connectivity index (χ1) is 13.0. The summed E-state index contributed by atoms with van der Waals surface area (Å²) in [4.78, 5) is 28.1. The van der Waals surface area contributed by atoms with Crippen molar-refractivity contribution in [2.75, 3.05) is 20.6 Å². The van der Waals surface area contributed by atoms with Crippen LogP contribution in [0.2, 0.25) is 0 Å². The van der Waals surface area contributed by atoms with Gasteiger partial charge in [0.1, 0.15) is 6.04 Å². The summed E-state index contributed by atoms with van der Waals surface area (Å²) >= 11 is 0. The molecule has 0 fully saturated rings. The summed E-state index contributed by atoms with van der Waals surface area (Å²) in [6.07, 6.45) is 3.37. The normalized spacial score (nSPS) is 12.0. The number of hydrogen-bond acceptors (Lipinski definition) is 3. The number of hydrogen-bond donors (Lipinski definition) is 0. The third-order valence-corrected chi connectivity index (χ3v) is 4.69. The van der Waals surface area contributed by atoms with Gasteiger partial charge in [-0.1, -0.05) is 36.4 Å². The van der Waals surface area contributed by atoms with Crippen molar-refractivity contribution in [2.24, 2.45) is 0 Å². The van der Waals surface area contributed by atoms with Crippen LogP contribution in [0.3, 0.4) is 0 Å². The lowest BCUT2D eigenvalue weighted by Crippen LogP contribution is -2.41. The SMILES string of the molecule is C[C@H](C(=O)N(C)CC(=O)N(C)Cc1ccc2ccccc2c1)n1cccn1. The average Bonchev–Trinajstić information content (AvgIpc) is 3.21. The Balaban J connectivity index is 1.60. The molecule has 0 aliphatic carbocycles. The van der Waals surface area contributed by atoms with E-state index in [0.29, 0.717) is 6.54 Å².